The molecule has 0 saturated carbocycles. The first-order valence-electron chi connectivity index (χ1n) is 33.8. The number of nitrogens with zero attached hydrogens (tertiary/aromatic N) is 6. The van der Waals surface area contributed by atoms with Crippen LogP contribution in [0.3, 0.4) is 0 Å². The van der Waals surface area contributed by atoms with Crippen LogP contribution in [0.2, 0.25) is 0 Å². The molecule has 4 aromatic heterocycles. The summed E-state index contributed by atoms with van der Waals surface area (Å²) in [6.07, 6.45) is 8.32. The van der Waals surface area contributed by atoms with E-state index in [1.54, 1.807) is 0 Å². The van der Waals surface area contributed by atoms with Gasteiger partial charge in [0, 0.05) is 103 Å². The SMILES string of the molecule is CC(C)(C)c1ccc2c(c1)c1ccccc1n2-c1ccc2c(c1)N(c1c(-c3ccccc3)cncc1-c1ccccc1)c1cc(-c3ccccc3)cc3c1B2c1ccc(-n2c4ccccc4c4cc(C(C)(C)C)ccc42)cc1N3c1c(-c2ccccc2)cncc1-c1ccccc1. The van der Waals surface area contributed by atoms with Gasteiger partial charge in [-0.25, -0.2) is 0 Å². The van der Waals surface area contributed by atoms with Gasteiger partial charge in [0.05, 0.1) is 33.4 Å². The molecule has 6 nitrogen and oxygen atoms in total. The van der Waals surface area contributed by atoms with Crippen LogP contribution in [0.25, 0.3) is 111 Å². The zero-order chi connectivity index (χ0) is 65.3. The topological polar surface area (TPSA) is 42.1 Å². The van der Waals surface area contributed by atoms with Crippen molar-refractivity contribution in [3.63, 3.8) is 0 Å². The van der Waals surface area contributed by atoms with E-state index in [0.717, 1.165) is 123 Å². The van der Waals surface area contributed by atoms with Crippen molar-refractivity contribution in [2.75, 3.05) is 9.80 Å². The van der Waals surface area contributed by atoms with Crippen LogP contribution < -0.4 is 26.2 Å². The molecule has 0 atom stereocenters. The fraction of sp³-hybridized carbons (Fsp3) is 0.0889. The minimum absolute atomic E-state index is 0.0398. The zero-order valence-electron chi connectivity index (χ0n) is 55.2. The molecule has 0 saturated heterocycles. The van der Waals surface area contributed by atoms with Gasteiger partial charge in [0.2, 0.25) is 0 Å². The molecule has 16 aromatic rings. The van der Waals surface area contributed by atoms with Gasteiger partial charge in [-0.2, -0.15) is 0 Å². The highest BCUT2D eigenvalue weighted by Gasteiger charge is 2.46. The van der Waals surface area contributed by atoms with Gasteiger partial charge in [-0.3, -0.25) is 9.97 Å². The Bertz CT molecular complexity index is 5330. The minimum Gasteiger partial charge on any atom is -0.310 e. The summed E-state index contributed by atoms with van der Waals surface area (Å²) in [5.74, 6) is 0. The summed E-state index contributed by atoms with van der Waals surface area (Å²) >= 11 is 0. The Morgan fingerprint density at radius 2 is 0.608 bits per heavy atom. The smallest absolute Gasteiger partial charge is 0.252 e. The third kappa shape index (κ3) is 9.39. The number of hydrogen-bond acceptors (Lipinski definition) is 4. The Kier molecular flexibility index (Phi) is 13.4. The molecule has 2 aliphatic rings. The molecule has 0 fully saturated rings. The lowest BCUT2D eigenvalue weighted by molar-refractivity contribution is 0.591. The Morgan fingerprint density at radius 1 is 0.278 bits per heavy atom. The van der Waals surface area contributed by atoms with Crippen molar-refractivity contribution in [1.82, 2.24) is 19.1 Å². The molecule has 0 bridgehead atoms. The molecule has 0 unspecified atom stereocenters. The van der Waals surface area contributed by atoms with Gasteiger partial charge in [0.15, 0.2) is 0 Å². The predicted molar refractivity (Wildman–Crippen MR) is 409 cm³/mol. The quantitative estimate of drug-likeness (QED) is 0.135. The van der Waals surface area contributed by atoms with Crippen LogP contribution in [0, 0.1) is 0 Å². The van der Waals surface area contributed by atoms with Crippen LogP contribution >= 0.6 is 0 Å². The lowest BCUT2D eigenvalue weighted by atomic mass is 9.33. The van der Waals surface area contributed by atoms with E-state index in [0.29, 0.717) is 0 Å². The molecule has 12 aromatic carbocycles. The van der Waals surface area contributed by atoms with Gasteiger partial charge < -0.3 is 18.9 Å². The van der Waals surface area contributed by atoms with E-state index < -0.39 is 0 Å². The number of rotatable bonds is 9. The average molecular weight is 1250 g/mol. The van der Waals surface area contributed by atoms with E-state index in [1.807, 2.05) is 0 Å². The van der Waals surface area contributed by atoms with E-state index in [1.165, 1.54) is 49.1 Å². The molecule has 462 valence electrons. The van der Waals surface area contributed by atoms with Gasteiger partial charge in [-0.15, -0.1) is 0 Å². The molecular weight excluding hydrogens is 1180 g/mol. The highest BCUT2D eigenvalue weighted by molar-refractivity contribution is 7.00. The maximum atomic E-state index is 5.17. The predicted octanol–water partition coefficient (Wildman–Crippen LogP) is 21.7. The molecule has 0 spiro atoms. The third-order valence-electron chi connectivity index (χ3n) is 20.4. The largest absolute Gasteiger partial charge is 0.310 e. The monoisotopic (exact) mass is 1240 g/mol. The molecular formula is C90H69BN6. The number of fused-ring (bicyclic) bond motifs is 10. The van der Waals surface area contributed by atoms with Crippen LogP contribution in [0.5, 0.6) is 0 Å². The molecule has 0 N–H and O–H groups in total. The van der Waals surface area contributed by atoms with Crippen LogP contribution in [0.4, 0.5) is 34.1 Å². The molecule has 0 aliphatic carbocycles. The van der Waals surface area contributed by atoms with E-state index in [4.69, 9.17) is 9.97 Å². The van der Waals surface area contributed by atoms with Crippen molar-refractivity contribution in [3.05, 3.63) is 321 Å². The fourth-order valence-corrected chi connectivity index (χ4v) is 15.7. The number of hydrogen-bond donors (Lipinski definition) is 0. The highest BCUT2D eigenvalue weighted by Crippen LogP contribution is 2.54. The van der Waals surface area contributed by atoms with E-state index >= 15 is 0 Å². The second kappa shape index (κ2) is 22.4. The van der Waals surface area contributed by atoms with Crippen molar-refractivity contribution in [1.29, 1.82) is 0 Å². The van der Waals surface area contributed by atoms with Gasteiger partial charge in [0.1, 0.15) is 0 Å². The van der Waals surface area contributed by atoms with Crippen molar-refractivity contribution >= 4 is 101 Å². The minimum atomic E-state index is -0.264. The molecule has 6 heterocycles. The number of pyridine rings is 2. The molecule has 97 heavy (non-hydrogen) atoms. The Labute approximate surface area is 566 Å². The number of anilines is 6. The molecule has 18 rings (SSSR count). The van der Waals surface area contributed by atoms with Crippen molar-refractivity contribution in [3.8, 4) is 67.0 Å². The number of benzene rings is 12. The fourth-order valence-electron chi connectivity index (χ4n) is 15.7. The lowest BCUT2D eigenvalue weighted by Gasteiger charge is -2.46. The Balaban J connectivity index is 1.01. The summed E-state index contributed by atoms with van der Waals surface area (Å²) in [6.45, 7) is 13.6. The normalized spacial score (nSPS) is 12.8. The Morgan fingerprint density at radius 3 is 0.969 bits per heavy atom. The van der Waals surface area contributed by atoms with Crippen molar-refractivity contribution in [2.24, 2.45) is 0 Å². The zero-order valence-corrected chi connectivity index (χ0v) is 55.2. The van der Waals surface area contributed by atoms with Gasteiger partial charge in [0.25, 0.3) is 6.71 Å². The van der Waals surface area contributed by atoms with E-state index in [2.05, 4.69) is 370 Å². The third-order valence-corrected chi connectivity index (χ3v) is 20.4. The summed E-state index contributed by atoms with van der Waals surface area (Å²) in [6, 6.07) is 106. The van der Waals surface area contributed by atoms with Crippen LogP contribution in [0.15, 0.2) is 310 Å². The molecule has 0 amide bonds. The Hall–Kier alpha value is -11.8. The van der Waals surface area contributed by atoms with Crippen molar-refractivity contribution < 1.29 is 0 Å². The molecule has 0 radical (unpaired) electrons. The average Bonchev–Trinajstić information content (AvgIpc) is 1.30. The number of aromatic nitrogens is 4. The number of para-hydroxylation sites is 2. The summed E-state index contributed by atoms with van der Waals surface area (Å²) in [4.78, 5) is 15.6. The van der Waals surface area contributed by atoms with Crippen LogP contribution in [-0.4, -0.2) is 25.8 Å². The van der Waals surface area contributed by atoms with E-state index in [-0.39, 0.29) is 17.5 Å². The maximum absolute atomic E-state index is 5.17. The van der Waals surface area contributed by atoms with Gasteiger partial charge >= 0.3 is 0 Å². The first-order valence-corrected chi connectivity index (χ1v) is 33.8. The summed E-state index contributed by atoms with van der Waals surface area (Å²) in [5, 5.41) is 4.93. The second-order valence-electron chi connectivity index (χ2n) is 28.2. The standard InChI is InChI=1S/C90H69BN6/c1-89(2,3)64-40-46-80-70(50-64)68-36-22-24-38-78(68)94(80)66-42-44-76-82(52-66)96(87-72(59-28-14-8-15-29-59)54-92-55-73(87)60-30-16-9-17-31-60)84-48-63(58-26-12-7-13-27-58)49-85-86(84)91(76)77-45-43-67(95-79-39-25-23-37-69(79)71-51-65(90(4,5)6)41-47-81(71)95)53-83(77)97(85)88-74(61-32-18-10-19-33-61)56-93-57-75(88)62-34-20-11-21-35-62/h7-57H,1-6H3. The molecule has 7 heteroatoms. The summed E-state index contributed by atoms with van der Waals surface area (Å²) < 4.78 is 5.00. The van der Waals surface area contributed by atoms with Crippen molar-refractivity contribution in [2.45, 2.75) is 52.4 Å². The first-order chi connectivity index (χ1) is 47.4. The summed E-state index contributed by atoms with van der Waals surface area (Å²) in [7, 11) is 0. The van der Waals surface area contributed by atoms with Crippen LogP contribution in [0.1, 0.15) is 52.7 Å². The highest BCUT2D eigenvalue weighted by atomic mass is 15.2. The second-order valence-corrected chi connectivity index (χ2v) is 28.2. The van der Waals surface area contributed by atoms with Gasteiger partial charge in [-0.1, -0.05) is 254 Å². The molecule has 2 aliphatic heterocycles. The lowest BCUT2D eigenvalue weighted by Crippen LogP contribution is -2.61. The maximum Gasteiger partial charge on any atom is 0.252 e. The van der Waals surface area contributed by atoms with Gasteiger partial charge in [-0.05, 0) is 145 Å². The summed E-state index contributed by atoms with van der Waals surface area (Å²) in [5.41, 5.74) is 29.9. The van der Waals surface area contributed by atoms with E-state index in [9.17, 15) is 0 Å². The van der Waals surface area contributed by atoms with Crippen LogP contribution in [-0.2, 0) is 10.8 Å². The first kappa shape index (κ1) is 57.8.